The van der Waals surface area contributed by atoms with E-state index in [1.165, 1.54) is 20.7 Å². The van der Waals surface area contributed by atoms with Gasteiger partial charge in [0, 0.05) is 29.9 Å². The first-order valence-corrected chi connectivity index (χ1v) is 17.3. The highest BCUT2D eigenvalue weighted by Gasteiger charge is 2.54. The van der Waals surface area contributed by atoms with Gasteiger partial charge in [0.25, 0.3) is 0 Å². The minimum Gasteiger partial charge on any atom is -0.299 e. The number of benzene rings is 4. The number of carbonyl (C=O) groups excluding carboxylic acids is 1. The fraction of sp³-hybridized carbons (Fsp3) is 0.242. The summed E-state index contributed by atoms with van der Waals surface area (Å²) in [5.74, 6) is -1.01. The largest absolute Gasteiger partial charge is 0.299 e. The first-order chi connectivity index (χ1) is 20.6. The molecule has 2 aliphatic rings. The molecule has 7 nitrogen and oxygen atoms in total. The molecule has 0 saturated carbocycles. The van der Waals surface area contributed by atoms with Gasteiger partial charge in [0.15, 0.2) is 0 Å². The summed E-state index contributed by atoms with van der Waals surface area (Å²) in [6.07, 6.45) is 0.0358. The molecule has 6 rings (SSSR count). The van der Waals surface area contributed by atoms with E-state index in [1.807, 2.05) is 67.6 Å². The Morgan fingerprint density at radius 3 is 1.91 bits per heavy atom. The van der Waals surface area contributed by atoms with Crippen LogP contribution < -0.4 is 0 Å². The number of aryl methyl sites for hydroxylation is 1. The number of hydrogen-bond acceptors (Lipinski definition) is 5. The molecule has 2 aliphatic heterocycles. The molecule has 2 heterocycles. The van der Waals surface area contributed by atoms with E-state index in [9.17, 15) is 21.6 Å². The number of Topliss-reactive ketones (excluding diaryl/α,β-unsaturated/α-hetero) is 1. The third kappa shape index (κ3) is 5.56. The summed E-state index contributed by atoms with van der Waals surface area (Å²) in [6, 6.07) is 28.8. The molecule has 0 spiro atoms. The van der Waals surface area contributed by atoms with Crippen molar-refractivity contribution in [1.82, 2.24) is 8.61 Å². The average Bonchev–Trinajstić information content (AvgIpc) is 3.01. The third-order valence-electron chi connectivity index (χ3n) is 8.46. The summed E-state index contributed by atoms with van der Waals surface area (Å²) >= 11 is 6.23. The first-order valence-electron chi connectivity index (χ1n) is 14.1. The number of nitrogens with zero attached hydrogens (tertiary/aromatic N) is 2. The second-order valence-electron chi connectivity index (χ2n) is 11.1. The van der Waals surface area contributed by atoms with Gasteiger partial charge in [0.2, 0.25) is 20.0 Å². The number of hydrogen-bond donors (Lipinski definition) is 0. The van der Waals surface area contributed by atoms with Gasteiger partial charge in [-0.2, -0.15) is 8.61 Å². The monoisotopic (exact) mass is 634 g/mol. The van der Waals surface area contributed by atoms with Gasteiger partial charge in [-0.1, -0.05) is 96.0 Å². The lowest BCUT2D eigenvalue weighted by atomic mass is 9.77. The Morgan fingerprint density at radius 2 is 1.30 bits per heavy atom. The highest BCUT2D eigenvalue weighted by Crippen LogP contribution is 2.48. The molecule has 4 aromatic carbocycles. The Hall–Kier alpha value is -3.34. The maximum atomic E-state index is 14.5. The highest BCUT2D eigenvalue weighted by molar-refractivity contribution is 7.89. The highest BCUT2D eigenvalue weighted by atomic mass is 35.5. The van der Waals surface area contributed by atoms with E-state index in [1.54, 1.807) is 36.4 Å². The summed E-state index contributed by atoms with van der Waals surface area (Å²) in [5, 5.41) is 0.281. The normalized spacial score (nSPS) is 23.5. The molecule has 0 amide bonds. The number of rotatable bonds is 6. The van der Waals surface area contributed by atoms with Crippen molar-refractivity contribution in [2.45, 2.75) is 47.7 Å². The minimum atomic E-state index is -4.16. The standard InChI is InChI=1S/C33H31ClN2O5S2/c1-23-15-17-27(18-16-23)42(38,39)35-22-29-32(20-30(35)24-9-4-2-5-10-24)36(43(40,41)28-14-8-13-26(34)19-28)31(21-33(29)37)25-11-6-3-7-12-25/h2-19,29-32H,20-22H2,1H3/t29-,30+,31+,32+/m1/s1. The summed E-state index contributed by atoms with van der Waals surface area (Å²) in [5.41, 5.74) is 2.35. The lowest BCUT2D eigenvalue weighted by Gasteiger charge is -2.51. The predicted octanol–water partition coefficient (Wildman–Crippen LogP) is 6.17. The predicted molar refractivity (Wildman–Crippen MR) is 165 cm³/mol. The fourth-order valence-corrected chi connectivity index (χ4v) is 10.1. The number of ketones is 1. The molecule has 4 atom stereocenters. The Kier molecular flexibility index (Phi) is 8.04. The van der Waals surface area contributed by atoms with E-state index in [0.717, 1.165) is 11.1 Å². The van der Waals surface area contributed by atoms with E-state index in [2.05, 4.69) is 0 Å². The zero-order valence-electron chi connectivity index (χ0n) is 23.5. The molecule has 0 radical (unpaired) electrons. The summed E-state index contributed by atoms with van der Waals surface area (Å²) in [4.78, 5) is 14.1. The molecular weight excluding hydrogens is 604 g/mol. The van der Waals surface area contributed by atoms with Gasteiger partial charge >= 0.3 is 0 Å². The van der Waals surface area contributed by atoms with Crippen LogP contribution in [0.3, 0.4) is 0 Å². The number of fused-ring (bicyclic) bond motifs is 1. The van der Waals surface area contributed by atoms with Crippen molar-refractivity contribution >= 4 is 37.4 Å². The van der Waals surface area contributed by atoms with Crippen molar-refractivity contribution in [3.63, 3.8) is 0 Å². The van der Waals surface area contributed by atoms with Crippen LogP contribution >= 0.6 is 11.6 Å². The average molecular weight is 635 g/mol. The summed E-state index contributed by atoms with van der Waals surface area (Å²) in [6.45, 7) is 1.75. The second-order valence-corrected chi connectivity index (χ2v) is 15.3. The van der Waals surface area contributed by atoms with Gasteiger partial charge in [0.1, 0.15) is 5.78 Å². The minimum absolute atomic E-state index is 0.0278. The van der Waals surface area contributed by atoms with Crippen LogP contribution in [0.4, 0.5) is 0 Å². The lowest BCUT2D eigenvalue weighted by Crippen LogP contribution is -2.60. The van der Waals surface area contributed by atoms with Crippen molar-refractivity contribution < 1.29 is 21.6 Å². The second kappa shape index (κ2) is 11.6. The van der Waals surface area contributed by atoms with Gasteiger partial charge in [-0.25, -0.2) is 16.8 Å². The van der Waals surface area contributed by atoms with Crippen LogP contribution in [0.1, 0.15) is 41.6 Å². The maximum absolute atomic E-state index is 14.5. The first kappa shape index (κ1) is 29.7. The Morgan fingerprint density at radius 1 is 0.698 bits per heavy atom. The molecular formula is C33H31ClN2O5S2. The third-order valence-corrected chi connectivity index (χ3v) is 12.5. The van der Waals surface area contributed by atoms with Crippen molar-refractivity contribution in [3.8, 4) is 0 Å². The smallest absolute Gasteiger partial charge is 0.243 e. The van der Waals surface area contributed by atoms with Gasteiger partial charge < -0.3 is 0 Å². The van der Waals surface area contributed by atoms with Crippen LogP contribution in [0.15, 0.2) is 119 Å². The molecule has 0 N–H and O–H groups in total. The lowest BCUT2D eigenvalue weighted by molar-refractivity contribution is -0.132. The molecule has 0 unspecified atom stereocenters. The van der Waals surface area contributed by atoms with Crippen molar-refractivity contribution in [2.24, 2.45) is 5.92 Å². The van der Waals surface area contributed by atoms with Crippen LogP contribution in [0.25, 0.3) is 0 Å². The molecule has 222 valence electrons. The maximum Gasteiger partial charge on any atom is 0.243 e. The van der Waals surface area contributed by atoms with Gasteiger partial charge in [0.05, 0.1) is 21.9 Å². The van der Waals surface area contributed by atoms with E-state index in [0.29, 0.717) is 5.56 Å². The zero-order valence-corrected chi connectivity index (χ0v) is 25.8. The van der Waals surface area contributed by atoms with E-state index >= 15 is 0 Å². The van der Waals surface area contributed by atoms with Crippen LogP contribution in [0.2, 0.25) is 5.02 Å². The number of halogens is 1. The molecule has 0 aliphatic carbocycles. The van der Waals surface area contributed by atoms with Crippen LogP contribution in [-0.4, -0.2) is 43.8 Å². The Labute approximate surface area is 257 Å². The van der Waals surface area contributed by atoms with Crippen molar-refractivity contribution in [3.05, 3.63) is 131 Å². The molecule has 0 aromatic heterocycles. The van der Waals surface area contributed by atoms with Gasteiger partial charge in [-0.05, 0) is 54.8 Å². The van der Waals surface area contributed by atoms with E-state index < -0.39 is 44.1 Å². The van der Waals surface area contributed by atoms with Crippen LogP contribution in [0, 0.1) is 12.8 Å². The van der Waals surface area contributed by atoms with Crippen LogP contribution in [-0.2, 0) is 24.8 Å². The molecule has 2 fully saturated rings. The molecule has 4 aromatic rings. The Balaban J connectivity index is 1.50. The number of sulfonamides is 2. The summed E-state index contributed by atoms with van der Waals surface area (Å²) in [7, 11) is -8.19. The quantitative estimate of drug-likeness (QED) is 0.253. The van der Waals surface area contributed by atoms with Gasteiger partial charge in [-0.15, -0.1) is 0 Å². The zero-order chi connectivity index (χ0) is 30.4. The molecule has 0 bridgehead atoms. The number of carbonyl (C=O) groups is 1. The fourth-order valence-electron chi connectivity index (χ4n) is 6.34. The Bertz CT molecular complexity index is 1850. The van der Waals surface area contributed by atoms with E-state index in [4.69, 9.17) is 11.6 Å². The van der Waals surface area contributed by atoms with Crippen molar-refractivity contribution in [1.29, 1.82) is 0 Å². The topological polar surface area (TPSA) is 91.8 Å². The SMILES string of the molecule is Cc1ccc(S(=O)(=O)N2C[C@H]3C(=O)C[C@@H](c4ccccc4)N(S(=O)(=O)c4cccc(Cl)c4)[C@H]3C[C@H]2c2ccccc2)cc1. The molecule has 2 saturated heterocycles. The van der Waals surface area contributed by atoms with Gasteiger partial charge in [-0.3, -0.25) is 4.79 Å². The number of piperidine rings is 2. The van der Waals surface area contributed by atoms with E-state index in [-0.39, 0.29) is 40.0 Å². The molecule has 43 heavy (non-hydrogen) atoms. The van der Waals surface area contributed by atoms with Crippen LogP contribution in [0.5, 0.6) is 0 Å². The molecule has 10 heteroatoms. The summed E-state index contributed by atoms with van der Waals surface area (Å²) < 4.78 is 60.1. The van der Waals surface area contributed by atoms with Crippen molar-refractivity contribution in [2.75, 3.05) is 6.54 Å².